The van der Waals surface area contributed by atoms with E-state index in [-0.39, 0.29) is 11.8 Å². The first kappa shape index (κ1) is 16.0. The summed E-state index contributed by atoms with van der Waals surface area (Å²) in [5.41, 5.74) is 2.67. The van der Waals surface area contributed by atoms with Gasteiger partial charge < -0.3 is 15.2 Å². The highest BCUT2D eigenvalue weighted by atomic mass is 19.1. The molecule has 0 aliphatic rings. The van der Waals surface area contributed by atoms with Crippen LogP contribution in [0.4, 0.5) is 14.9 Å². The fourth-order valence-corrected chi connectivity index (χ4v) is 2.65. The molecule has 0 fully saturated rings. The zero-order chi connectivity index (χ0) is 16.9. The molecule has 24 heavy (non-hydrogen) atoms. The molecule has 0 aliphatic heterocycles. The Hall–Kier alpha value is -2.89. The quantitative estimate of drug-likeness (QED) is 0.753. The van der Waals surface area contributed by atoms with Crippen molar-refractivity contribution in [1.29, 1.82) is 0 Å². The average molecular weight is 326 g/mol. The summed E-state index contributed by atoms with van der Waals surface area (Å²) in [6.45, 7) is 3.43. The van der Waals surface area contributed by atoms with Crippen molar-refractivity contribution in [1.82, 2.24) is 14.9 Å². The smallest absolute Gasteiger partial charge is 0.319 e. The lowest BCUT2D eigenvalue weighted by Gasteiger charge is -2.07. The molecule has 0 saturated heterocycles. The summed E-state index contributed by atoms with van der Waals surface area (Å²) in [5.74, 6) is -0.332. The Balaban J connectivity index is 1.58. The Kier molecular flexibility index (Phi) is 4.74. The first-order valence-electron chi connectivity index (χ1n) is 7.90. The molecule has 0 unspecified atom stereocenters. The van der Waals surface area contributed by atoms with Gasteiger partial charge in [0.2, 0.25) is 0 Å². The molecule has 2 aromatic heterocycles. The minimum absolute atomic E-state index is 0.307. The van der Waals surface area contributed by atoms with E-state index in [0.717, 1.165) is 23.1 Å². The topological polar surface area (TPSA) is 59.0 Å². The molecule has 2 amide bonds. The molecule has 0 aliphatic carbocycles. The normalized spacial score (nSPS) is 10.8. The maximum absolute atomic E-state index is 12.8. The van der Waals surface area contributed by atoms with Gasteiger partial charge >= 0.3 is 6.03 Å². The van der Waals surface area contributed by atoms with Crippen LogP contribution in [-0.4, -0.2) is 22.1 Å². The van der Waals surface area contributed by atoms with E-state index in [9.17, 15) is 9.18 Å². The standard InChI is InChI=1S/C18H19FN4O/c1-2-23-12-13(16-4-3-10-20-17(16)23)9-11-21-18(24)22-15-7-5-14(19)6-8-15/h3-8,10,12H,2,9,11H2,1H3,(H2,21,22,24). The van der Waals surface area contributed by atoms with Crippen molar-refractivity contribution in [2.45, 2.75) is 19.9 Å². The number of aromatic nitrogens is 2. The highest BCUT2D eigenvalue weighted by Crippen LogP contribution is 2.19. The first-order chi connectivity index (χ1) is 11.7. The second-order valence-corrected chi connectivity index (χ2v) is 5.45. The van der Waals surface area contributed by atoms with Crippen molar-refractivity contribution in [3.05, 3.63) is 60.2 Å². The maximum atomic E-state index is 12.8. The summed E-state index contributed by atoms with van der Waals surface area (Å²) < 4.78 is 14.9. The van der Waals surface area contributed by atoms with Gasteiger partial charge in [-0.2, -0.15) is 0 Å². The average Bonchev–Trinajstić information content (AvgIpc) is 2.95. The number of pyridine rings is 1. The number of nitrogens with zero attached hydrogens (tertiary/aromatic N) is 2. The van der Waals surface area contributed by atoms with E-state index in [2.05, 4.69) is 33.3 Å². The first-order valence-corrected chi connectivity index (χ1v) is 7.90. The number of fused-ring (bicyclic) bond motifs is 1. The van der Waals surface area contributed by atoms with Crippen molar-refractivity contribution in [3.63, 3.8) is 0 Å². The number of urea groups is 1. The number of amides is 2. The lowest BCUT2D eigenvalue weighted by atomic mass is 10.1. The minimum atomic E-state index is -0.332. The second-order valence-electron chi connectivity index (χ2n) is 5.45. The number of carbonyl (C=O) groups is 1. The molecular weight excluding hydrogens is 307 g/mol. The SMILES string of the molecule is CCn1cc(CCNC(=O)Nc2ccc(F)cc2)c2cccnc21. The van der Waals surface area contributed by atoms with E-state index in [1.807, 2.05) is 12.1 Å². The van der Waals surface area contributed by atoms with Crippen LogP contribution < -0.4 is 10.6 Å². The Morgan fingerprint density at radius 2 is 2.04 bits per heavy atom. The van der Waals surface area contributed by atoms with Crippen LogP contribution in [0.2, 0.25) is 0 Å². The molecule has 0 radical (unpaired) electrons. The van der Waals surface area contributed by atoms with Gasteiger partial charge in [-0.3, -0.25) is 0 Å². The molecule has 0 saturated carbocycles. The fourth-order valence-electron chi connectivity index (χ4n) is 2.65. The molecular formula is C18H19FN4O. The number of hydrogen-bond donors (Lipinski definition) is 2. The second kappa shape index (κ2) is 7.12. The van der Waals surface area contributed by atoms with Crippen molar-refractivity contribution in [2.24, 2.45) is 0 Å². The lowest BCUT2D eigenvalue weighted by Crippen LogP contribution is -2.30. The van der Waals surface area contributed by atoms with Gasteiger partial charge in [0.15, 0.2) is 0 Å². The zero-order valence-electron chi connectivity index (χ0n) is 13.4. The Bertz CT molecular complexity index is 842. The van der Waals surface area contributed by atoms with Crippen molar-refractivity contribution >= 4 is 22.8 Å². The van der Waals surface area contributed by atoms with Crippen molar-refractivity contribution in [3.8, 4) is 0 Å². The molecule has 0 bridgehead atoms. The number of benzene rings is 1. The Morgan fingerprint density at radius 3 is 2.79 bits per heavy atom. The zero-order valence-corrected chi connectivity index (χ0v) is 13.4. The summed E-state index contributed by atoms with van der Waals surface area (Å²) in [4.78, 5) is 16.3. The third-order valence-electron chi connectivity index (χ3n) is 3.84. The molecule has 1 aromatic carbocycles. The van der Waals surface area contributed by atoms with Crippen LogP contribution in [0.3, 0.4) is 0 Å². The number of rotatable bonds is 5. The monoisotopic (exact) mass is 326 g/mol. The van der Waals surface area contributed by atoms with Crippen molar-refractivity contribution in [2.75, 3.05) is 11.9 Å². The van der Waals surface area contributed by atoms with E-state index in [1.54, 1.807) is 6.20 Å². The molecule has 124 valence electrons. The largest absolute Gasteiger partial charge is 0.338 e. The summed E-state index contributed by atoms with van der Waals surface area (Å²) in [6.07, 6.45) is 4.58. The van der Waals surface area contributed by atoms with E-state index in [1.165, 1.54) is 24.3 Å². The van der Waals surface area contributed by atoms with Crippen LogP contribution in [0.15, 0.2) is 48.8 Å². The molecule has 3 rings (SSSR count). The predicted octanol–water partition coefficient (Wildman–Crippen LogP) is 3.56. The maximum Gasteiger partial charge on any atom is 0.319 e. The van der Waals surface area contributed by atoms with Crippen molar-refractivity contribution < 1.29 is 9.18 Å². The van der Waals surface area contributed by atoms with Crippen LogP contribution in [0.25, 0.3) is 11.0 Å². The molecule has 2 N–H and O–H groups in total. The van der Waals surface area contributed by atoms with E-state index < -0.39 is 0 Å². The van der Waals surface area contributed by atoms with Gasteiger partial charge in [0.05, 0.1) is 0 Å². The molecule has 2 heterocycles. The lowest BCUT2D eigenvalue weighted by molar-refractivity contribution is 0.252. The van der Waals surface area contributed by atoms with Gasteiger partial charge in [0, 0.05) is 36.6 Å². The van der Waals surface area contributed by atoms with Gasteiger partial charge in [0.25, 0.3) is 0 Å². The molecule has 6 heteroatoms. The Labute approximate surface area is 139 Å². The number of nitrogens with one attached hydrogen (secondary N) is 2. The minimum Gasteiger partial charge on any atom is -0.338 e. The highest BCUT2D eigenvalue weighted by molar-refractivity contribution is 5.89. The summed E-state index contributed by atoms with van der Waals surface area (Å²) in [7, 11) is 0. The molecule has 0 atom stereocenters. The van der Waals surface area contributed by atoms with Gasteiger partial charge in [0.1, 0.15) is 11.5 Å². The number of aryl methyl sites for hydroxylation is 1. The molecule has 3 aromatic rings. The number of hydrogen-bond acceptors (Lipinski definition) is 2. The van der Waals surface area contributed by atoms with Gasteiger partial charge in [-0.25, -0.2) is 14.2 Å². The summed E-state index contributed by atoms with van der Waals surface area (Å²) >= 11 is 0. The third-order valence-corrected chi connectivity index (χ3v) is 3.84. The van der Waals surface area contributed by atoms with E-state index in [4.69, 9.17) is 0 Å². The third kappa shape index (κ3) is 3.53. The van der Waals surface area contributed by atoms with E-state index >= 15 is 0 Å². The van der Waals surface area contributed by atoms with Gasteiger partial charge in [-0.1, -0.05) is 0 Å². The van der Waals surface area contributed by atoms with Crippen LogP contribution in [0.5, 0.6) is 0 Å². The Morgan fingerprint density at radius 1 is 1.25 bits per heavy atom. The van der Waals surface area contributed by atoms with E-state index in [0.29, 0.717) is 18.7 Å². The highest BCUT2D eigenvalue weighted by Gasteiger charge is 2.08. The van der Waals surface area contributed by atoms with Crippen LogP contribution in [-0.2, 0) is 13.0 Å². The summed E-state index contributed by atoms with van der Waals surface area (Å²) in [5, 5.41) is 6.60. The number of anilines is 1. The number of carbonyl (C=O) groups excluding carboxylic acids is 1. The molecule has 0 spiro atoms. The number of halogens is 1. The van der Waals surface area contributed by atoms with Gasteiger partial charge in [-0.15, -0.1) is 0 Å². The fraction of sp³-hybridized carbons (Fsp3) is 0.222. The van der Waals surface area contributed by atoms with Crippen LogP contribution in [0.1, 0.15) is 12.5 Å². The summed E-state index contributed by atoms with van der Waals surface area (Å²) in [6, 6.07) is 9.32. The van der Waals surface area contributed by atoms with Crippen LogP contribution in [0, 0.1) is 5.82 Å². The molecule has 5 nitrogen and oxygen atoms in total. The van der Waals surface area contributed by atoms with Gasteiger partial charge in [-0.05, 0) is 55.3 Å². The predicted molar refractivity (Wildman–Crippen MR) is 92.5 cm³/mol. The van der Waals surface area contributed by atoms with Crippen LogP contribution >= 0.6 is 0 Å².